The summed E-state index contributed by atoms with van der Waals surface area (Å²) in [4.78, 5) is 65.4. The van der Waals surface area contributed by atoms with Crippen molar-refractivity contribution in [3.05, 3.63) is 93.5 Å². The molecule has 0 fully saturated rings. The van der Waals surface area contributed by atoms with Crippen molar-refractivity contribution in [2.45, 2.75) is 54.1 Å². The summed E-state index contributed by atoms with van der Waals surface area (Å²) in [6.07, 6.45) is 2.91. The molecule has 0 saturated heterocycles. The van der Waals surface area contributed by atoms with Crippen LogP contribution in [0.1, 0.15) is 87.4 Å². The van der Waals surface area contributed by atoms with Crippen molar-refractivity contribution in [2.24, 2.45) is 0 Å². The van der Waals surface area contributed by atoms with Crippen molar-refractivity contribution in [3.63, 3.8) is 0 Å². The van der Waals surface area contributed by atoms with Crippen LogP contribution in [0.3, 0.4) is 0 Å². The molecule has 2 aromatic carbocycles. The van der Waals surface area contributed by atoms with Crippen LogP contribution in [-0.2, 0) is 14.2 Å². The SMILES string of the molecule is CCOC(=O)c1cnc2ccc(C)cc2c1Nc1scnc1C(=O)O.CCOC(=O)c1cnc2ccc(C)cc2c1Nc1scnc1C(=O)OC(C)(C)C. The maximum atomic E-state index is 12.5. The molecule has 4 aromatic heterocycles. The Bertz CT molecular complexity index is 2370. The molecule has 14 nitrogen and oxygen atoms in total. The number of hydrogen-bond acceptors (Lipinski definition) is 15. The number of aryl methyl sites for hydroxylation is 2. The molecule has 16 heteroatoms. The van der Waals surface area contributed by atoms with Crippen LogP contribution in [0.4, 0.5) is 21.4 Å². The van der Waals surface area contributed by atoms with E-state index in [1.807, 2.05) is 50.2 Å². The fourth-order valence-corrected chi connectivity index (χ4v) is 6.48. The van der Waals surface area contributed by atoms with Crippen molar-refractivity contribution in [1.82, 2.24) is 19.9 Å². The third-order valence-electron chi connectivity index (χ3n) is 7.44. The summed E-state index contributed by atoms with van der Waals surface area (Å²) in [5, 5.41) is 17.8. The van der Waals surface area contributed by atoms with Gasteiger partial charge in [0.2, 0.25) is 0 Å². The van der Waals surface area contributed by atoms with Crippen LogP contribution in [0.5, 0.6) is 0 Å². The summed E-state index contributed by atoms with van der Waals surface area (Å²) < 4.78 is 15.7. The number of carbonyl (C=O) groups is 4. The third kappa shape index (κ3) is 9.13. The number of pyridine rings is 2. The minimum absolute atomic E-state index is 0.0996. The fraction of sp³-hybridized carbons (Fsp3) is 0.263. The highest BCUT2D eigenvalue weighted by atomic mass is 32.1. The van der Waals surface area contributed by atoms with Crippen molar-refractivity contribution < 1.29 is 38.5 Å². The van der Waals surface area contributed by atoms with E-state index >= 15 is 0 Å². The predicted octanol–water partition coefficient (Wildman–Crippen LogP) is 8.49. The molecule has 0 spiro atoms. The van der Waals surface area contributed by atoms with Crippen molar-refractivity contribution in [3.8, 4) is 0 Å². The lowest BCUT2D eigenvalue weighted by atomic mass is 10.1. The number of nitrogens with zero attached hydrogens (tertiary/aromatic N) is 4. The molecule has 6 rings (SSSR count). The van der Waals surface area contributed by atoms with Gasteiger partial charge in [0.25, 0.3) is 0 Å². The summed E-state index contributed by atoms with van der Waals surface area (Å²) >= 11 is 2.39. The highest BCUT2D eigenvalue weighted by Crippen LogP contribution is 2.35. The molecule has 4 heterocycles. The minimum atomic E-state index is -1.14. The topological polar surface area (TPSA) is 192 Å². The number of aromatic nitrogens is 4. The Morgan fingerprint density at radius 1 is 0.685 bits per heavy atom. The van der Waals surface area contributed by atoms with Crippen LogP contribution >= 0.6 is 22.7 Å². The zero-order valence-electron chi connectivity index (χ0n) is 30.6. The molecular formula is C38H38N6O8S2. The van der Waals surface area contributed by atoms with Gasteiger partial charge in [-0.3, -0.25) is 9.97 Å². The Hall–Kier alpha value is -6.00. The van der Waals surface area contributed by atoms with Crippen LogP contribution in [0.25, 0.3) is 21.8 Å². The number of carbonyl (C=O) groups excluding carboxylic acids is 3. The molecule has 54 heavy (non-hydrogen) atoms. The normalized spacial score (nSPS) is 11.0. The zero-order valence-corrected chi connectivity index (χ0v) is 32.2. The Labute approximate surface area is 318 Å². The molecule has 0 aliphatic carbocycles. The minimum Gasteiger partial charge on any atom is -0.476 e. The maximum Gasteiger partial charge on any atom is 0.360 e. The number of anilines is 4. The van der Waals surface area contributed by atoms with E-state index in [2.05, 4.69) is 30.6 Å². The van der Waals surface area contributed by atoms with Gasteiger partial charge in [0.15, 0.2) is 11.4 Å². The van der Waals surface area contributed by atoms with Gasteiger partial charge >= 0.3 is 23.9 Å². The monoisotopic (exact) mass is 770 g/mol. The molecular weight excluding hydrogens is 733 g/mol. The second-order valence-corrected chi connectivity index (χ2v) is 14.4. The Kier molecular flexibility index (Phi) is 12.2. The van der Waals surface area contributed by atoms with Gasteiger partial charge < -0.3 is 30.0 Å². The van der Waals surface area contributed by atoms with Gasteiger partial charge in [0.05, 0.1) is 46.6 Å². The van der Waals surface area contributed by atoms with Crippen LogP contribution in [0, 0.1) is 13.8 Å². The number of nitrogens with one attached hydrogen (secondary N) is 2. The highest BCUT2D eigenvalue weighted by Gasteiger charge is 2.25. The van der Waals surface area contributed by atoms with Crippen LogP contribution in [0.2, 0.25) is 0 Å². The summed E-state index contributed by atoms with van der Waals surface area (Å²) in [7, 11) is 0. The number of fused-ring (bicyclic) bond motifs is 2. The van der Waals surface area contributed by atoms with Gasteiger partial charge in [0.1, 0.15) is 26.7 Å². The number of ether oxygens (including phenoxy) is 3. The Balaban J connectivity index is 0.000000210. The summed E-state index contributed by atoms with van der Waals surface area (Å²) in [6.45, 7) is 13.2. The number of rotatable bonds is 10. The average molecular weight is 771 g/mol. The number of aromatic carboxylic acids is 1. The molecule has 0 aliphatic rings. The van der Waals surface area contributed by atoms with E-state index < -0.39 is 29.5 Å². The number of esters is 3. The smallest absolute Gasteiger partial charge is 0.360 e. The van der Waals surface area contributed by atoms with Gasteiger partial charge in [-0.25, -0.2) is 29.1 Å². The maximum absolute atomic E-state index is 12.5. The van der Waals surface area contributed by atoms with E-state index in [-0.39, 0.29) is 35.7 Å². The first-order valence-corrected chi connectivity index (χ1v) is 18.5. The van der Waals surface area contributed by atoms with E-state index in [4.69, 9.17) is 14.2 Å². The van der Waals surface area contributed by atoms with Gasteiger partial charge in [0, 0.05) is 23.2 Å². The quantitative estimate of drug-likeness (QED) is 0.0887. The van der Waals surface area contributed by atoms with Gasteiger partial charge in [-0.2, -0.15) is 0 Å². The summed E-state index contributed by atoms with van der Waals surface area (Å²) in [5.74, 6) is -2.69. The fourth-order valence-electron chi connectivity index (χ4n) is 5.13. The van der Waals surface area contributed by atoms with E-state index in [9.17, 15) is 24.3 Å². The molecule has 280 valence electrons. The first-order valence-electron chi connectivity index (χ1n) is 16.7. The molecule has 0 saturated carbocycles. The summed E-state index contributed by atoms with van der Waals surface area (Å²) in [6, 6.07) is 11.4. The molecule has 3 N–H and O–H groups in total. The number of thiazole rings is 2. The predicted molar refractivity (Wildman–Crippen MR) is 208 cm³/mol. The molecule has 0 bridgehead atoms. The first kappa shape index (κ1) is 39.2. The van der Waals surface area contributed by atoms with Crippen LogP contribution in [-0.4, -0.2) is 67.7 Å². The molecule has 0 atom stereocenters. The zero-order chi connectivity index (χ0) is 39.2. The lowest BCUT2D eigenvalue weighted by molar-refractivity contribution is 0.00642. The van der Waals surface area contributed by atoms with E-state index in [0.29, 0.717) is 32.3 Å². The van der Waals surface area contributed by atoms with Crippen LogP contribution in [0.15, 0.2) is 59.8 Å². The number of carboxylic acid groups (broad SMARTS) is 1. The molecule has 0 radical (unpaired) electrons. The number of hydrogen-bond donors (Lipinski definition) is 3. The third-order valence-corrected chi connectivity index (χ3v) is 8.93. The van der Waals surface area contributed by atoms with Gasteiger partial charge in [-0.1, -0.05) is 23.3 Å². The first-order chi connectivity index (χ1) is 25.7. The van der Waals surface area contributed by atoms with E-state index in [1.54, 1.807) is 40.1 Å². The van der Waals surface area contributed by atoms with E-state index in [1.165, 1.54) is 29.2 Å². The van der Waals surface area contributed by atoms with Crippen molar-refractivity contribution in [1.29, 1.82) is 0 Å². The number of carboxylic acids is 1. The standard InChI is InChI=1S/C21H23N3O4S.C17H15N3O4S/c1-6-27-19(25)14-10-22-15-8-7-12(2)9-13(15)16(14)24-18-17(23-11-29-18)20(26)28-21(3,4)5;1-3-24-17(23)11-7-18-12-5-4-9(2)6-10(12)13(11)20-15-14(16(21)22)19-8-25-15/h7-11H,6H2,1-5H3,(H,22,24);4-8H,3H2,1-2H3,(H,18,20)(H,21,22). The summed E-state index contributed by atoms with van der Waals surface area (Å²) in [5.41, 5.74) is 7.32. The average Bonchev–Trinajstić information content (AvgIpc) is 3.78. The molecule has 0 unspecified atom stereocenters. The molecule has 0 aliphatic heterocycles. The van der Waals surface area contributed by atoms with E-state index in [0.717, 1.165) is 33.4 Å². The highest BCUT2D eigenvalue weighted by molar-refractivity contribution is 7.14. The van der Waals surface area contributed by atoms with Crippen molar-refractivity contribution >= 4 is 89.7 Å². The molecule has 0 amide bonds. The van der Waals surface area contributed by atoms with Gasteiger partial charge in [-0.15, -0.1) is 22.7 Å². The lowest BCUT2D eigenvalue weighted by Crippen LogP contribution is -2.24. The lowest BCUT2D eigenvalue weighted by Gasteiger charge is -2.19. The second-order valence-electron chi connectivity index (χ2n) is 12.7. The van der Waals surface area contributed by atoms with Gasteiger partial charge in [-0.05, 0) is 72.7 Å². The van der Waals surface area contributed by atoms with Crippen LogP contribution < -0.4 is 10.6 Å². The Morgan fingerprint density at radius 3 is 1.56 bits per heavy atom. The molecule has 6 aromatic rings. The second kappa shape index (κ2) is 16.8. The Morgan fingerprint density at radius 2 is 1.13 bits per heavy atom. The largest absolute Gasteiger partial charge is 0.476 e. The van der Waals surface area contributed by atoms with Crippen molar-refractivity contribution in [2.75, 3.05) is 23.8 Å². The number of benzene rings is 2.